The van der Waals surface area contributed by atoms with E-state index in [1.807, 2.05) is 0 Å². The Morgan fingerprint density at radius 1 is 1.12 bits per heavy atom. The molecule has 3 N–H and O–H groups in total. The number of aromatic hydroxyl groups is 1. The van der Waals surface area contributed by atoms with Gasteiger partial charge in [0.1, 0.15) is 5.75 Å². The lowest BCUT2D eigenvalue weighted by atomic mass is 9.84. The molecule has 1 atom stereocenters. The van der Waals surface area contributed by atoms with E-state index < -0.39 is 27.8 Å². The summed E-state index contributed by atoms with van der Waals surface area (Å²) in [6.45, 7) is 1.69. The number of carbonyl (C=O) groups excluding carboxylic acids is 1. The van der Waals surface area contributed by atoms with E-state index in [1.165, 1.54) is 16.4 Å². The molecule has 10 heteroatoms. The zero-order valence-electron chi connectivity index (χ0n) is 19.0. The van der Waals surface area contributed by atoms with Gasteiger partial charge in [0.15, 0.2) is 6.29 Å². The van der Waals surface area contributed by atoms with Crippen LogP contribution in [0.15, 0.2) is 59.5 Å². The highest BCUT2D eigenvalue weighted by Gasteiger charge is 2.46. The molecule has 1 unspecified atom stereocenters. The first-order valence-corrected chi connectivity index (χ1v) is 13.0. The molecule has 4 rings (SSSR count). The van der Waals surface area contributed by atoms with Gasteiger partial charge in [0.25, 0.3) is 10.0 Å². The number of ether oxygens (including phenoxy) is 1. The van der Waals surface area contributed by atoms with Gasteiger partial charge in [-0.05, 0) is 75.2 Å². The van der Waals surface area contributed by atoms with Crippen LogP contribution < -0.4 is 15.1 Å². The Morgan fingerprint density at radius 2 is 1.82 bits per heavy atom. The number of carbonyl (C=O) groups is 1. The van der Waals surface area contributed by atoms with Crippen LogP contribution in [0.1, 0.15) is 38.5 Å². The third kappa shape index (κ3) is 5.52. The lowest BCUT2D eigenvalue weighted by Crippen LogP contribution is -2.59. The minimum absolute atomic E-state index is 0.0267. The van der Waals surface area contributed by atoms with E-state index in [2.05, 4.69) is 10.8 Å². The van der Waals surface area contributed by atoms with Crippen LogP contribution in [0.5, 0.6) is 5.75 Å². The van der Waals surface area contributed by atoms with E-state index in [0.29, 0.717) is 44.6 Å². The Hall–Kier alpha value is -2.66. The molecular weight excluding hydrogens is 458 g/mol. The standard InChI is InChI=1S/C24H31N3O6S/c28-20-11-9-19(10-12-20)27(34(30,31)21-6-2-1-3-7-21)24(13-15-25-16-14-24)18-22(29)26-33-23-8-4-5-17-32-23/h1-3,6-7,9-12,23,25,28H,4-5,8,13-18H2,(H,26,29). The van der Waals surface area contributed by atoms with Crippen molar-refractivity contribution in [3.05, 3.63) is 54.6 Å². The minimum atomic E-state index is -4.03. The molecule has 34 heavy (non-hydrogen) atoms. The fourth-order valence-electron chi connectivity index (χ4n) is 4.57. The van der Waals surface area contributed by atoms with Crippen molar-refractivity contribution in [1.82, 2.24) is 10.8 Å². The third-order valence-corrected chi connectivity index (χ3v) is 8.21. The normalized spacial score (nSPS) is 20.4. The molecule has 2 aliphatic heterocycles. The summed E-state index contributed by atoms with van der Waals surface area (Å²) in [5, 5.41) is 13.1. The molecule has 9 nitrogen and oxygen atoms in total. The van der Waals surface area contributed by atoms with Crippen LogP contribution in [0.3, 0.4) is 0 Å². The Labute approximate surface area is 200 Å². The number of anilines is 1. The number of nitrogens with one attached hydrogen (secondary N) is 2. The van der Waals surface area contributed by atoms with Crippen molar-refractivity contribution >= 4 is 21.6 Å². The largest absolute Gasteiger partial charge is 0.508 e. The second kappa shape index (κ2) is 10.7. The number of hydrogen-bond acceptors (Lipinski definition) is 7. The molecule has 184 valence electrons. The van der Waals surface area contributed by atoms with Crippen molar-refractivity contribution in [3.8, 4) is 5.75 Å². The lowest BCUT2D eigenvalue weighted by molar-refractivity contribution is -0.201. The molecular formula is C24H31N3O6S. The van der Waals surface area contributed by atoms with Crippen LogP contribution in [-0.4, -0.2) is 51.0 Å². The smallest absolute Gasteiger partial charge is 0.264 e. The number of amides is 1. The molecule has 2 saturated heterocycles. The zero-order chi connectivity index (χ0) is 24.0. The van der Waals surface area contributed by atoms with Gasteiger partial charge in [-0.25, -0.2) is 18.7 Å². The van der Waals surface area contributed by atoms with E-state index >= 15 is 0 Å². The van der Waals surface area contributed by atoms with Crippen molar-refractivity contribution in [2.75, 3.05) is 24.0 Å². The number of rotatable bonds is 8. The van der Waals surface area contributed by atoms with Crippen molar-refractivity contribution in [2.45, 2.75) is 55.2 Å². The van der Waals surface area contributed by atoms with E-state index in [4.69, 9.17) is 9.57 Å². The number of hydrogen-bond donors (Lipinski definition) is 3. The van der Waals surface area contributed by atoms with Gasteiger partial charge < -0.3 is 15.2 Å². The summed E-state index contributed by atoms with van der Waals surface area (Å²) in [5.41, 5.74) is 1.84. The number of benzene rings is 2. The maximum atomic E-state index is 14.0. The average molecular weight is 490 g/mol. The number of sulfonamides is 1. The Balaban J connectivity index is 1.67. The fraction of sp³-hybridized carbons (Fsp3) is 0.458. The molecule has 0 bridgehead atoms. The first-order chi connectivity index (χ1) is 16.4. The highest BCUT2D eigenvalue weighted by Crippen LogP contribution is 2.39. The van der Waals surface area contributed by atoms with Crippen molar-refractivity contribution < 1.29 is 27.9 Å². The Morgan fingerprint density at radius 3 is 2.47 bits per heavy atom. The number of hydroxylamine groups is 1. The summed E-state index contributed by atoms with van der Waals surface area (Å²) in [6, 6.07) is 14.2. The van der Waals surface area contributed by atoms with Crippen LogP contribution in [-0.2, 0) is 24.4 Å². The molecule has 0 radical (unpaired) electrons. The predicted octanol–water partition coefficient (Wildman–Crippen LogP) is 2.67. The molecule has 2 aliphatic rings. The SMILES string of the molecule is O=C(CC1(N(c2ccc(O)cc2)S(=O)(=O)c2ccccc2)CCNCC1)NOC1CCCCO1. The van der Waals surface area contributed by atoms with Gasteiger partial charge in [0.2, 0.25) is 5.91 Å². The highest BCUT2D eigenvalue weighted by molar-refractivity contribution is 7.93. The van der Waals surface area contributed by atoms with Crippen LogP contribution >= 0.6 is 0 Å². The lowest BCUT2D eigenvalue weighted by Gasteiger charge is -2.46. The summed E-state index contributed by atoms with van der Waals surface area (Å²) in [6.07, 6.45) is 2.87. The average Bonchev–Trinajstić information content (AvgIpc) is 2.86. The predicted molar refractivity (Wildman–Crippen MR) is 126 cm³/mol. The summed E-state index contributed by atoms with van der Waals surface area (Å²) < 4.78 is 34.8. The summed E-state index contributed by atoms with van der Waals surface area (Å²) in [7, 11) is -4.03. The van der Waals surface area contributed by atoms with Crippen molar-refractivity contribution in [2.24, 2.45) is 0 Å². The quantitative estimate of drug-likeness (QED) is 0.488. The van der Waals surface area contributed by atoms with Gasteiger partial charge in [-0.1, -0.05) is 18.2 Å². The van der Waals surface area contributed by atoms with Crippen LogP contribution in [0.25, 0.3) is 0 Å². The van der Waals surface area contributed by atoms with Gasteiger partial charge in [-0.3, -0.25) is 9.10 Å². The van der Waals surface area contributed by atoms with Crippen molar-refractivity contribution in [1.29, 1.82) is 0 Å². The highest BCUT2D eigenvalue weighted by atomic mass is 32.2. The molecule has 2 aromatic carbocycles. The first kappa shape index (κ1) is 24.5. The van der Waals surface area contributed by atoms with Crippen LogP contribution in [0, 0.1) is 0 Å². The third-order valence-electron chi connectivity index (χ3n) is 6.26. The fourth-order valence-corrected chi connectivity index (χ4v) is 6.44. The molecule has 0 spiro atoms. The number of piperidine rings is 1. The van der Waals surface area contributed by atoms with Crippen LogP contribution in [0.2, 0.25) is 0 Å². The van der Waals surface area contributed by atoms with E-state index in [-0.39, 0.29) is 17.1 Å². The van der Waals surface area contributed by atoms with Gasteiger partial charge in [0, 0.05) is 13.0 Å². The van der Waals surface area contributed by atoms with Crippen molar-refractivity contribution in [3.63, 3.8) is 0 Å². The van der Waals surface area contributed by atoms with E-state index in [0.717, 1.165) is 12.8 Å². The second-order valence-corrected chi connectivity index (χ2v) is 10.5. The maximum Gasteiger partial charge on any atom is 0.264 e. The van der Waals surface area contributed by atoms with E-state index in [1.54, 1.807) is 42.5 Å². The maximum absolute atomic E-state index is 14.0. The van der Waals surface area contributed by atoms with Gasteiger partial charge in [0.05, 0.1) is 22.5 Å². The zero-order valence-corrected chi connectivity index (χ0v) is 19.8. The monoisotopic (exact) mass is 489 g/mol. The number of phenols is 1. The molecule has 0 saturated carbocycles. The first-order valence-electron chi connectivity index (χ1n) is 11.6. The molecule has 0 aliphatic carbocycles. The Kier molecular flexibility index (Phi) is 7.72. The van der Waals surface area contributed by atoms with Gasteiger partial charge in [-0.15, -0.1) is 0 Å². The molecule has 2 fully saturated rings. The number of nitrogens with zero attached hydrogens (tertiary/aromatic N) is 1. The summed E-state index contributed by atoms with van der Waals surface area (Å²) in [5.74, 6) is -0.387. The Bertz CT molecular complexity index is 1050. The minimum Gasteiger partial charge on any atom is -0.508 e. The summed E-state index contributed by atoms with van der Waals surface area (Å²) in [4.78, 5) is 18.6. The molecule has 2 heterocycles. The summed E-state index contributed by atoms with van der Waals surface area (Å²) >= 11 is 0. The number of phenolic OH excluding ortho intramolecular Hbond substituents is 1. The van der Waals surface area contributed by atoms with Crippen LogP contribution in [0.4, 0.5) is 5.69 Å². The van der Waals surface area contributed by atoms with Gasteiger partial charge >= 0.3 is 0 Å². The van der Waals surface area contributed by atoms with E-state index in [9.17, 15) is 18.3 Å². The molecule has 0 aromatic heterocycles. The molecule has 2 aromatic rings. The molecule has 1 amide bonds. The topological polar surface area (TPSA) is 117 Å². The second-order valence-electron chi connectivity index (χ2n) is 8.69. The van der Waals surface area contributed by atoms with Gasteiger partial charge in [-0.2, -0.15) is 0 Å².